The molecule has 0 spiro atoms. The second-order valence-electron chi connectivity index (χ2n) is 5.33. The van der Waals surface area contributed by atoms with Crippen LogP contribution in [0, 0.1) is 6.92 Å². The molecule has 0 aromatic heterocycles. The molecule has 1 aromatic rings. The smallest absolute Gasteiger partial charge is 0.122 e. The summed E-state index contributed by atoms with van der Waals surface area (Å²) in [6, 6.07) is 4.04. The summed E-state index contributed by atoms with van der Waals surface area (Å²) >= 11 is 0. The topological polar surface area (TPSA) is 40.5 Å². The average molecular weight is 222 g/mol. The number of aliphatic hydroxyl groups excluding tert-OH is 1. The van der Waals surface area contributed by atoms with Crippen LogP contribution in [0.5, 0.6) is 5.75 Å². The Morgan fingerprint density at radius 1 is 1.19 bits per heavy atom. The van der Waals surface area contributed by atoms with E-state index in [0.717, 1.165) is 23.1 Å². The highest BCUT2D eigenvalue weighted by molar-refractivity contribution is 5.48. The lowest BCUT2D eigenvalue weighted by Gasteiger charge is -2.23. The predicted octanol–water partition coefficient (Wildman–Crippen LogP) is 2.92. The van der Waals surface area contributed by atoms with Crippen molar-refractivity contribution in [1.82, 2.24) is 0 Å². The average Bonchev–Trinajstić information content (AvgIpc) is 2.15. The van der Waals surface area contributed by atoms with Gasteiger partial charge in [0.15, 0.2) is 0 Å². The summed E-state index contributed by atoms with van der Waals surface area (Å²) in [5.74, 6) is 0.404. The molecule has 16 heavy (non-hydrogen) atoms. The Kier molecular flexibility index (Phi) is 3.98. The highest BCUT2D eigenvalue weighted by Gasteiger charge is 2.20. The van der Waals surface area contributed by atoms with Gasteiger partial charge in [-0.05, 0) is 41.9 Å². The van der Waals surface area contributed by atoms with Gasteiger partial charge in [-0.2, -0.15) is 0 Å². The van der Waals surface area contributed by atoms with Crippen LogP contribution in [0.3, 0.4) is 0 Å². The van der Waals surface area contributed by atoms with Crippen LogP contribution in [0.15, 0.2) is 12.1 Å². The first-order valence-corrected chi connectivity index (χ1v) is 5.80. The van der Waals surface area contributed by atoms with E-state index in [4.69, 9.17) is 5.11 Å². The molecule has 1 aromatic carbocycles. The predicted molar refractivity (Wildman–Crippen MR) is 67.0 cm³/mol. The van der Waals surface area contributed by atoms with Gasteiger partial charge < -0.3 is 10.2 Å². The molecule has 0 aliphatic heterocycles. The van der Waals surface area contributed by atoms with Gasteiger partial charge in [0.25, 0.3) is 0 Å². The molecule has 0 radical (unpaired) electrons. The Bertz CT molecular complexity index is 362. The summed E-state index contributed by atoms with van der Waals surface area (Å²) < 4.78 is 0. The van der Waals surface area contributed by atoms with Crippen LogP contribution in [0.4, 0.5) is 0 Å². The fourth-order valence-electron chi connectivity index (χ4n) is 1.91. The van der Waals surface area contributed by atoms with E-state index in [1.807, 2.05) is 19.1 Å². The fraction of sp³-hybridized carbons (Fsp3) is 0.571. The van der Waals surface area contributed by atoms with Crippen molar-refractivity contribution in [2.45, 2.75) is 46.0 Å². The maximum atomic E-state index is 10.3. The minimum atomic E-state index is -0.0499. The van der Waals surface area contributed by atoms with Crippen molar-refractivity contribution < 1.29 is 10.2 Å². The molecule has 0 amide bonds. The van der Waals surface area contributed by atoms with Crippen LogP contribution >= 0.6 is 0 Å². The molecule has 90 valence electrons. The van der Waals surface area contributed by atoms with Crippen molar-refractivity contribution in [2.75, 3.05) is 6.61 Å². The number of hydrogen-bond donors (Lipinski definition) is 2. The van der Waals surface area contributed by atoms with Crippen molar-refractivity contribution in [3.63, 3.8) is 0 Å². The molecule has 0 atom stereocenters. The summed E-state index contributed by atoms with van der Waals surface area (Å²) in [6.45, 7) is 8.44. The van der Waals surface area contributed by atoms with Gasteiger partial charge in [0, 0.05) is 6.61 Å². The molecule has 0 saturated heterocycles. The molecule has 2 nitrogen and oxygen atoms in total. The number of rotatable bonds is 3. The summed E-state index contributed by atoms with van der Waals surface area (Å²) in [4.78, 5) is 0. The Hall–Kier alpha value is -1.02. The Morgan fingerprint density at radius 3 is 2.31 bits per heavy atom. The summed E-state index contributed by atoms with van der Waals surface area (Å²) in [5.41, 5.74) is 3.00. The van der Waals surface area contributed by atoms with Gasteiger partial charge in [-0.15, -0.1) is 0 Å². The highest BCUT2D eigenvalue weighted by atomic mass is 16.3. The first kappa shape index (κ1) is 13.0. The molecule has 0 fully saturated rings. The number of aliphatic hydroxyl groups is 1. The van der Waals surface area contributed by atoms with E-state index < -0.39 is 0 Å². The second-order valence-corrected chi connectivity index (χ2v) is 5.33. The van der Waals surface area contributed by atoms with E-state index in [1.54, 1.807) is 0 Å². The third-order valence-electron chi connectivity index (χ3n) is 2.91. The molecular weight excluding hydrogens is 200 g/mol. The third kappa shape index (κ3) is 2.76. The van der Waals surface area contributed by atoms with Crippen molar-refractivity contribution in [3.8, 4) is 5.75 Å². The van der Waals surface area contributed by atoms with Crippen LogP contribution in [0.1, 0.15) is 43.9 Å². The summed E-state index contributed by atoms with van der Waals surface area (Å²) in [5, 5.41) is 19.1. The van der Waals surface area contributed by atoms with Gasteiger partial charge in [-0.3, -0.25) is 0 Å². The van der Waals surface area contributed by atoms with E-state index in [0.29, 0.717) is 12.2 Å². The number of aryl methyl sites for hydroxylation is 1. The summed E-state index contributed by atoms with van der Waals surface area (Å²) in [6.07, 6.45) is 1.43. The molecule has 0 bridgehead atoms. The molecule has 2 N–H and O–H groups in total. The molecule has 0 saturated carbocycles. The number of phenols is 1. The SMILES string of the molecule is Cc1ccc(C(C)(C)C)c(O)c1CCCO. The van der Waals surface area contributed by atoms with E-state index in [1.165, 1.54) is 0 Å². The third-order valence-corrected chi connectivity index (χ3v) is 2.91. The molecule has 1 rings (SSSR count). The zero-order valence-electron chi connectivity index (χ0n) is 10.7. The van der Waals surface area contributed by atoms with E-state index in [2.05, 4.69) is 20.8 Å². The first-order valence-electron chi connectivity index (χ1n) is 5.80. The van der Waals surface area contributed by atoms with Crippen LogP contribution in [-0.4, -0.2) is 16.8 Å². The molecule has 0 heterocycles. The van der Waals surface area contributed by atoms with E-state index in [9.17, 15) is 5.11 Å². The monoisotopic (exact) mass is 222 g/mol. The van der Waals surface area contributed by atoms with Crippen LogP contribution in [0.2, 0.25) is 0 Å². The molecule has 0 aliphatic rings. The van der Waals surface area contributed by atoms with Crippen molar-refractivity contribution in [3.05, 3.63) is 28.8 Å². The van der Waals surface area contributed by atoms with Crippen LogP contribution in [-0.2, 0) is 11.8 Å². The van der Waals surface area contributed by atoms with Crippen molar-refractivity contribution >= 4 is 0 Å². The lowest BCUT2D eigenvalue weighted by atomic mass is 9.83. The summed E-state index contributed by atoms with van der Waals surface area (Å²) in [7, 11) is 0. The number of benzene rings is 1. The number of phenolic OH excluding ortho intramolecular Hbond substituents is 1. The van der Waals surface area contributed by atoms with Gasteiger partial charge in [-0.1, -0.05) is 32.9 Å². The van der Waals surface area contributed by atoms with Gasteiger partial charge in [0.2, 0.25) is 0 Å². The second kappa shape index (κ2) is 4.88. The minimum absolute atomic E-state index is 0.0499. The highest BCUT2D eigenvalue weighted by Crippen LogP contribution is 2.35. The lowest BCUT2D eigenvalue weighted by molar-refractivity contribution is 0.288. The molecular formula is C14H22O2. The minimum Gasteiger partial charge on any atom is -0.507 e. The van der Waals surface area contributed by atoms with Gasteiger partial charge in [0.05, 0.1) is 0 Å². The standard InChI is InChI=1S/C14H22O2/c1-10-7-8-12(14(2,3)4)13(16)11(10)6-5-9-15/h7-8,15-16H,5-6,9H2,1-4H3. The maximum absolute atomic E-state index is 10.3. The molecule has 0 aliphatic carbocycles. The van der Waals surface area contributed by atoms with Crippen LogP contribution < -0.4 is 0 Å². The molecule has 2 heteroatoms. The normalized spacial score (nSPS) is 11.8. The van der Waals surface area contributed by atoms with Gasteiger partial charge >= 0.3 is 0 Å². The van der Waals surface area contributed by atoms with Crippen molar-refractivity contribution in [2.24, 2.45) is 0 Å². The maximum Gasteiger partial charge on any atom is 0.122 e. The molecule has 0 unspecified atom stereocenters. The Balaban J connectivity index is 3.16. The Morgan fingerprint density at radius 2 is 1.81 bits per heavy atom. The van der Waals surface area contributed by atoms with E-state index in [-0.39, 0.29) is 12.0 Å². The van der Waals surface area contributed by atoms with E-state index >= 15 is 0 Å². The number of aromatic hydroxyl groups is 1. The first-order chi connectivity index (χ1) is 7.38. The zero-order chi connectivity index (χ0) is 12.3. The zero-order valence-corrected chi connectivity index (χ0v) is 10.7. The largest absolute Gasteiger partial charge is 0.507 e. The quantitative estimate of drug-likeness (QED) is 0.825. The lowest BCUT2D eigenvalue weighted by Crippen LogP contribution is -2.12. The fourth-order valence-corrected chi connectivity index (χ4v) is 1.91. The Labute approximate surface area is 97.9 Å². The number of hydrogen-bond acceptors (Lipinski definition) is 2. The van der Waals surface area contributed by atoms with Crippen molar-refractivity contribution in [1.29, 1.82) is 0 Å². The van der Waals surface area contributed by atoms with Gasteiger partial charge in [-0.25, -0.2) is 0 Å². The van der Waals surface area contributed by atoms with Crippen LogP contribution in [0.25, 0.3) is 0 Å². The van der Waals surface area contributed by atoms with Gasteiger partial charge in [0.1, 0.15) is 5.75 Å².